The minimum absolute atomic E-state index is 0.894. The standard InChI is InChI=1S/C70H43NO2/c1-2-13-44(14-3-1)50-19-12-20-51(41-50)45-25-33-54(34-26-45)71(55-35-27-48(28-36-55)61-42-52-17-6-10-23-59(52)67-65-57-21-8-4-15-46(57)31-39-63(65)72-69(61)67)56-37-29-49(30-38-56)62-43-53-18-7-11-24-60(53)68-66-58-22-9-5-16-47(58)32-40-64(66)73-70(62)68/h1-43H. The number of fused-ring (bicyclic) bond motifs is 14. The average Bonchev–Trinajstić information content (AvgIpc) is 4.07. The number of furan rings is 2. The molecule has 2 aromatic heterocycles. The van der Waals surface area contributed by atoms with E-state index in [2.05, 4.69) is 266 Å². The molecule has 13 aromatic carbocycles. The van der Waals surface area contributed by atoms with Gasteiger partial charge in [-0.2, -0.15) is 0 Å². The molecule has 0 bridgehead atoms. The summed E-state index contributed by atoms with van der Waals surface area (Å²) in [5.74, 6) is 0. The van der Waals surface area contributed by atoms with E-state index in [4.69, 9.17) is 8.83 Å². The van der Waals surface area contributed by atoms with Crippen molar-refractivity contribution >= 4 is 104 Å². The van der Waals surface area contributed by atoms with Crippen LogP contribution in [0.3, 0.4) is 0 Å². The lowest BCUT2D eigenvalue weighted by molar-refractivity contribution is 0.670. The third-order valence-corrected chi connectivity index (χ3v) is 15.0. The summed E-state index contributed by atoms with van der Waals surface area (Å²) in [6, 6.07) is 94.0. The van der Waals surface area contributed by atoms with Crippen molar-refractivity contribution in [3.05, 3.63) is 261 Å². The lowest BCUT2D eigenvalue weighted by atomic mass is 9.94. The predicted octanol–water partition coefficient (Wildman–Crippen LogP) is 20.2. The van der Waals surface area contributed by atoms with Crippen molar-refractivity contribution in [2.75, 3.05) is 4.90 Å². The van der Waals surface area contributed by atoms with Gasteiger partial charge in [0.05, 0.1) is 0 Å². The van der Waals surface area contributed by atoms with Crippen molar-refractivity contribution in [2.24, 2.45) is 0 Å². The third-order valence-electron chi connectivity index (χ3n) is 15.0. The van der Waals surface area contributed by atoms with Crippen molar-refractivity contribution in [1.29, 1.82) is 0 Å². The molecule has 73 heavy (non-hydrogen) atoms. The Kier molecular flexibility index (Phi) is 9.26. The van der Waals surface area contributed by atoms with Gasteiger partial charge in [-0.15, -0.1) is 0 Å². The topological polar surface area (TPSA) is 29.5 Å². The van der Waals surface area contributed by atoms with Gasteiger partial charge in [0.25, 0.3) is 0 Å². The van der Waals surface area contributed by atoms with Gasteiger partial charge in [-0.3, -0.25) is 0 Å². The first-order valence-electron chi connectivity index (χ1n) is 25.0. The fourth-order valence-corrected chi connectivity index (χ4v) is 11.5. The molecule has 2 heterocycles. The average molecular weight is 930 g/mol. The van der Waals surface area contributed by atoms with Gasteiger partial charge >= 0.3 is 0 Å². The number of rotatable bonds is 7. The summed E-state index contributed by atoms with van der Waals surface area (Å²) in [4.78, 5) is 2.35. The molecule has 0 saturated carbocycles. The summed E-state index contributed by atoms with van der Waals surface area (Å²) >= 11 is 0. The van der Waals surface area contributed by atoms with Gasteiger partial charge in [-0.1, -0.05) is 194 Å². The Morgan fingerprint density at radius 2 is 0.589 bits per heavy atom. The van der Waals surface area contributed by atoms with Crippen LogP contribution in [0.1, 0.15) is 0 Å². The highest BCUT2D eigenvalue weighted by molar-refractivity contribution is 6.30. The molecule has 3 nitrogen and oxygen atoms in total. The summed E-state index contributed by atoms with van der Waals surface area (Å²) in [6.07, 6.45) is 0. The first-order chi connectivity index (χ1) is 36.2. The van der Waals surface area contributed by atoms with Crippen LogP contribution in [-0.2, 0) is 0 Å². The van der Waals surface area contributed by atoms with Gasteiger partial charge in [0, 0.05) is 49.7 Å². The quantitative estimate of drug-likeness (QED) is 0.159. The molecule has 3 heteroatoms. The SMILES string of the molecule is c1ccc(-c2cccc(-c3ccc(N(c4ccc(-c5cc6ccccc6c6c5oc5ccc7ccccc7c56)cc4)c4ccc(-c5cc6ccccc6c6c5oc5ccc7ccccc7c56)cc4)cc3)c2)cc1. The molecule has 0 radical (unpaired) electrons. The van der Waals surface area contributed by atoms with E-state index in [1.807, 2.05) is 0 Å². The van der Waals surface area contributed by atoms with Crippen molar-refractivity contribution in [3.8, 4) is 44.5 Å². The van der Waals surface area contributed by atoms with E-state index >= 15 is 0 Å². The van der Waals surface area contributed by atoms with E-state index in [1.165, 1.54) is 59.8 Å². The van der Waals surface area contributed by atoms with Crippen molar-refractivity contribution in [1.82, 2.24) is 0 Å². The predicted molar refractivity (Wildman–Crippen MR) is 307 cm³/mol. The smallest absolute Gasteiger partial charge is 0.143 e. The molecule has 0 aliphatic rings. The molecule has 15 rings (SSSR count). The molecule has 0 amide bonds. The van der Waals surface area contributed by atoms with Gasteiger partial charge in [-0.25, -0.2) is 0 Å². The number of hydrogen-bond donors (Lipinski definition) is 0. The minimum Gasteiger partial charge on any atom is -0.455 e. The zero-order valence-electron chi connectivity index (χ0n) is 39.6. The highest BCUT2D eigenvalue weighted by Gasteiger charge is 2.22. The molecular weight excluding hydrogens is 887 g/mol. The highest BCUT2D eigenvalue weighted by Crippen LogP contribution is 2.47. The maximum absolute atomic E-state index is 6.87. The van der Waals surface area contributed by atoms with E-state index in [1.54, 1.807) is 0 Å². The van der Waals surface area contributed by atoms with Gasteiger partial charge in [-0.05, 0) is 143 Å². The zero-order chi connectivity index (χ0) is 48.0. The van der Waals surface area contributed by atoms with Crippen LogP contribution < -0.4 is 4.90 Å². The van der Waals surface area contributed by atoms with Crippen LogP contribution >= 0.6 is 0 Å². The Balaban J connectivity index is 0.868. The van der Waals surface area contributed by atoms with E-state index in [9.17, 15) is 0 Å². The maximum atomic E-state index is 6.87. The summed E-state index contributed by atoms with van der Waals surface area (Å²) in [5.41, 5.74) is 15.8. The summed E-state index contributed by atoms with van der Waals surface area (Å²) in [6.45, 7) is 0. The number of hydrogen-bond acceptors (Lipinski definition) is 3. The van der Waals surface area contributed by atoms with Gasteiger partial charge in [0.2, 0.25) is 0 Å². The molecule has 15 aromatic rings. The molecule has 0 N–H and O–H groups in total. The van der Waals surface area contributed by atoms with Crippen molar-refractivity contribution < 1.29 is 8.83 Å². The Morgan fingerprint density at radius 1 is 0.233 bits per heavy atom. The van der Waals surface area contributed by atoms with Crippen LogP contribution in [0.25, 0.3) is 131 Å². The Hall–Kier alpha value is -9.70. The van der Waals surface area contributed by atoms with E-state index in [0.717, 1.165) is 88.8 Å². The number of anilines is 3. The second kappa shape index (κ2) is 16.4. The molecule has 0 aliphatic carbocycles. The molecule has 0 aliphatic heterocycles. The van der Waals surface area contributed by atoms with E-state index in [-0.39, 0.29) is 0 Å². The largest absolute Gasteiger partial charge is 0.455 e. The Bertz CT molecular complexity index is 4400. The fourth-order valence-electron chi connectivity index (χ4n) is 11.5. The van der Waals surface area contributed by atoms with Crippen LogP contribution in [0.2, 0.25) is 0 Å². The molecule has 0 saturated heterocycles. The summed E-state index contributed by atoms with van der Waals surface area (Å²) in [5, 5.41) is 14.2. The maximum Gasteiger partial charge on any atom is 0.143 e. The molecule has 0 unspecified atom stereocenters. The Labute approximate surface area is 421 Å². The van der Waals surface area contributed by atoms with Crippen LogP contribution in [-0.4, -0.2) is 0 Å². The van der Waals surface area contributed by atoms with Crippen LogP contribution in [0.4, 0.5) is 17.1 Å². The summed E-state index contributed by atoms with van der Waals surface area (Å²) < 4.78 is 13.7. The third kappa shape index (κ3) is 6.67. The normalized spacial score (nSPS) is 11.8. The van der Waals surface area contributed by atoms with Gasteiger partial charge in [0.1, 0.15) is 22.3 Å². The molecule has 0 spiro atoms. The molecular formula is C70H43NO2. The summed E-state index contributed by atoms with van der Waals surface area (Å²) in [7, 11) is 0. The first-order valence-corrected chi connectivity index (χ1v) is 25.0. The second-order valence-electron chi connectivity index (χ2n) is 19.1. The molecule has 0 atom stereocenters. The van der Waals surface area contributed by atoms with E-state index in [0.29, 0.717) is 0 Å². The molecule has 0 fully saturated rings. The van der Waals surface area contributed by atoms with Crippen LogP contribution in [0, 0.1) is 0 Å². The van der Waals surface area contributed by atoms with Crippen LogP contribution in [0.15, 0.2) is 270 Å². The number of benzene rings is 13. The first kappa shape index (κ1) is 41.1. The zero-order valence-corrected chi connectivity index (χ0v) is 39.6. The second-order valence-corrected chi connectivity index (χ2v) is 19.1. The van der Waals surface area contributed by atoms with E-state index < -0.39 is 0 Å². The van der Waals surface area contributed by atoms with Gasteiger partial charge < -0.3 is 13.7 Å². The fraction of sp³-hybridized carbons (Fsp3) is 0. The molecule has 340 valence electrons. The monoisotopic (exact) mass is 929 g/mol. The highest BCUT2D eigenvalue weighted by atomic mass is 16.3. The Morgan fingerprint density at radius 3 is 1.04 bits per heavy atom. The lowest BCUT2D eigenvalue weighted by Gasteiger charge is -2.26. The minimum atomic E-state index is 0.894. The van der Waals surface area contributed by atoms with Crippen LogP contribution in [0.5, 0.6) is 0 Å². The van der Waals surface area contributed by atoms with Crippen molar-refractivity contribution in [2.45, 2.75) is 0 Å². The number of nitrogens with zero attached hydrogens (tertiary/aromatic N) is 1. The van der Waals surface area contributed by atoms with Gasteiger partial charge in [0.15, 0.2) is 0 Å². The lowest BCUT2D eigenvalue weighted by Crippen LogP contribution is -2.09. The van der Waals surface area contributed by atoms with Crippen molar-refractivity contribution in [3.63, 3.8) is 0 Å².